The van der Waals surface area contributed by atoms with Crippen LogP contribution in [0.15, 0.2) is 28.7 Å². The Labute approximate surface area is 94.0 Å². The lowest BCUT2D eigenvalue weighted by atomic mass is 9.95. The molecule has 0 heterocycles. The number of nitrogens with one attached hydrogen (secondary N) is 1. The summed E-state index contributed by atoms with van der Waals surface area (Å²) in [6, 6.07) is 8.57. The van der Waals surface area contributed by atoms with Gasteiger partial charge >= 0.3 is 0 Å². The highest BCUT2D eigenvalue weighted by Crippen LogP contribution is 2.55. The zero-order valence-electron chi connectivity index (χ0n) is 8.68. The van der Waals surface area contributed by atoms with Gasteiger partial charge in [-0.3, -0.25) is 0 Å². The number of halogens is 1. The molecule has 14 heavy (non-hydrogen) atoms. The maximum atomic E-state index is 3.63. The second-order valence-corrected chi connectivity index (χ2v) is 5.21. The third-order valence-electron chi connectivity index (χ3n) is 3.35. The summed E-state index contributed by atoms with van der Waals surface area (Å²) in [5.41, 5.74) is 1.85. The fourth-order valence-corrected chi connectivity index (χ4v) is 2.99. The number of hydrogen-bond acceptors (Lipinski definition) is 1. The molecule has 1 aliphatic carbocycles. The average molecular weight is 254 g/mol. The molecule has 0 saturated heterocycles. The molecular formula is C12H16BrN. The molecule has 0 aromatic heterocycles. The van der Waals surface area contributed by atoms with E-state index >= 15 is 0 Å². The summed E-state index contributed by atoms with van der Waals surface area (Å²) in [5.74, 6) is 0.797. The molecule has 1 aromatic carbocycles. The zero-order valence-corrected chi connectivity index (χ0v) is 10.3. The lowest BCUT2D eigenvalue weighted by molar-refractivity contribution is 0.615. The number of hydrogen-bond donors (Lipinski definition) is 1. The van der Waals surface area contributed by atoms with E-state index in [0.717, 1.165) is 12.5 Å². The maximum Gasteiger partial charge on any atom is 0.0212 e. The van der Waals surface area contributed by atoms with Crippen LogP contribution in [-0.4, -0.2) is 13.6 Å². The van der Waals surface area contributed by atoms with Crippen LogP contribution < -0.4 is 5.32 Å². The van der Waals surface area contributed by atoms with Crippen LogP contribution in [-0.2, 0) is 5.41 Å². The first-order valence-electron chi connectivity index (χ1n) is 5.08. The molecular weight excluding hydrogens is 238 g/mol. The van der Waals surface area contributed by atoms with Gasteiger partial charge in [0, 0.05) is 4.47 Å². The van der Waals surface area contributed by atoms with Crippen molar-refractivity contribution in [2.24, 2.45) is 5.92 Å². The summed E-state index contributed by atoms with van der Waals surface area (Å²) in [7, 11) is 2.03. The molecule has 1 aliphatic rings. The van der Waals surface area contributed by atoms with Crippen molar-refractivity contribution in [2.45, 2.75) is 18.8 Å². The molecule has 0 bridgehead atoms. The second kappa shape index (κ2) is 3.67. The maximum absolute atomic E-state index is 3.63. The van der Waals surface area contributed by atoms with E-state index in [1.165, 1.54) is 16.5 Å². The van der Waals surface area contributed by atoms with Crippen molar-refractivity contribution < 1.29 is 0 Å². The van der Waals surface area contributed by atoms with Crippen molar-refractivity contribution in [3.63, 3.8) is 0 Å². The van der Waals surface area contributed by atoms with Gasteiger partial charge in [0.05, 0.1) is 0 Å². The van der Waals surface area contributed by atoms with E-state index in [-0.39, 0.29) is 0 Å². The Kier molecular flexibility index (Phi) is 2.67. The Bertz CT molecular complexity index is 337. The van der Waals surface area contributed by atoms with Gasteiger partial charge in [0.25, 0.3) is 0 Å². The molecule has 2 heteroatoms. The monoisotopic (exact) mass is 253 g/mol. The fraction of sp³-hybridized carbons (Fsp3) is 0.500. The zero-order chi connectivity index (χ0) is 10.2. The molecule has 1 aromatic rings. The van der Waals surface area contributed by atoms with Crippen molar-refractivity contribution in [3.05, 3.63) is 34.3 Å². The summed E-state index contributed by atoms with van der Waals surface area (Å²) in [6.45, 7) is 3.48. The Hall–Kier alpha value is -0.340. The van der Waals surface area contributed by atoms with E-state index in [4.69, 9.17) is 0 Å². The quantitative estimate of drug-likeness (QED) is 0.874. The average Bonchev–Trinajstić information content (AvgIpc) is 2.79. The Morgan fingerprint density at radius 1 is 1.50 bits per heavy atom. The topological polar surface area (TPSA) is 12.0 Å². The van der Waals surface area contributed by atoms with Crippen molar-refractivity contribution >= 4 is 15.9 Å². The third kappa shape index (κ3) is 1.61. The summed E-state index contributed by atoms with van der Waals surface area (Å²) >= 11 is 3.63. The van der Waals surface area contributed by atoms with E-state index in [1.807, 2.05) is 7.05 Å². The minimum Gasteiger partial charge on any atom is -0.319 e. The molecule has 0 amide bonds. The van der Waals surface area contributed by atoms with Crippen molar-refractivity contribution in [3.8, 4) is 0 Å². The highest BCUT2D eigenvalue weighted by atomic mass is 79.9. The van der Waals surface area contributed by atoms with Crippen molar-refractivity contribution in [1.82, 2.24) is 5.32 Å². The van der Waals surface area contributed by atoms with Gasteiger partial charge < -0.3 is 5.32 Å². The summed E-state index contributed by atoms with van der Waals surface area (Å²) < 4.78 is 1.25. The van der Waals surface area contributed by atoms with Gasteiger partial charge in [-0.1, -0.05) is 41.1 Å². The normalized spacial score (nSPS) is 30.4. The Morgan fingerprint density at radius 2 is 2.21 bits per heavy atom. The van der Waals surface area contributed by atoms with Gasteiger partial charge in [-0.25, -0.2) is 0 Å². The van der Waals surface area contributed by atoms with E-state index in [0.29, 0.717) is 5.41 Å². The molecule has 1 fully saturated rings. The van der Waals surface area contributed by atoms with Crippen molar-refractivity contribution in [2.75, 3.05) is 13.6 Å². The molecule has 2 unspecified atom stereocenters. The third-order valence-corrected chi connectivity index (χ3v) is 4.04. The van der Waals surface area contributed by atoms with Gasteiger partial charge in [0.15, 0.2) is 0 Å². The molecule has 0 radical (unpaired) electrons. The minimum absolute atomic E-state index is 0.392. The summed E-state index contributed by atoms with van der Waals surface area (Å²) in [4.78, 5) is 0. The minimum atomic E-state index is 0.392. The lowest BCUT2D eigenvalue weighted by Crippen LogP contribution is -2.16. The van der Waals surface area contributed by atoms with Gasteiger partial charge in [-0.15, -0.1) is 0 Å². The van der Waals surface area contributed by atoms with Crippen molar-refractivity contribution in [1.29, 1.82) is 0 Å². The van der Waals surface area contributed by atoms with Crippen LogP contribution in [0.5, 0.6) is 0 Å². The van der Waals surface area contributed by atoms with E-state index in [2.05, 4.69) is 52.4 Å². The van der Waals surface area contributed by atoms with Gasteiger partial charge in [-0.05, 0) is 43.0 Å². The molecule has 1 N–H and O–H groups in total. The SMILES string of the molecule is CNCC1CC1(C)c1ccccc1Br. The van der Waals surface area contributed by atoms with Crippen LogP contribution in [0.25, 0.3) is 0 Å². The van der Waals surface area contributed by atoms with Crippen LogP contribution in [0, 0.1) is 5.92 Å². The first-order chi connectivity index (χ1) is 6.68. The predicted molar refractivity (Wildman–Crippen MR) is 63.5 cm³/mol. The highest BCUT2D eigenvalue weighted by Gasteiger charge is 2.51. The first kappa shape index (κ1) is 10.2. The predicted octanol–water partition coefficient (Wildman–Crippen LogP) is 2.95. The molecule has 0 aliphatic heterocycles. The van der Waals surface area contributed by atoms with Crippen LogP contribution in [0.3, 0.4) is 0 Å². The molecule has 1 nitrogen and oxygen atoms in total. The number of rotatable bonds is 3. The second-order valence-electron chi connectivity index (χ2n) is 4.36. The number of benzene rings is 1. The smallest absolute Gasteiger partial charge is 0.0212 e. The van der Waals surface area contributed by atoms with E-state index in [9.17, 15) is 0 Å². The van der Waals surface area contributed by atoms with Gasteiger partial charge in [-0.2, -0.15) is 0 Å². The Balaban J connectivity index is 2.21. The molecule has 0 spiro atoms. The van der Waals surface area contributed by atoms with Gasteiger partial charge in [0.1, 0.15) is 0 Å². The molecule has 1 saturated carbocycles. The molecule has 76 valence electrons. The van der Waals surface area contributed by atoms with Gasteiger partial charge in [0.2, 0.25) is 0 Å². The van der Waals surface area contributed by atoms with E-state index < -0.39 is 0 Å². The van der Waals surface area contributed by atoms with Crippen LogP contribution in [0.1, 0.15) is 18.9 Å². The van der Waals surface area contributed by atoms with Crippen LogP contribution in [0.4, 0.5) is 0 Å². The van der Waals surface area contributed by atoms with Crippen LogP contribution >= 0.6 is 15.9 Å². The van der Waals surface area contributed by atoms with Crippen LogP contribution in [0.2, 0.25) is 0 Å². The molecule has 2 atom stereocenters. The molecule has 2 rings (SSSR count). The van der Waals surface area contributed by atoms with E-state index in [1.54, 1.807) is 0 Å². The fourth-order valence-electron chi connectivity index (χ4n) is 2.25. The summed E-state index contributed by atoms with van der Waals surface area (Å²) in [5, 5.41) is 3.26. The Morgan fingerprint density at radius 3 is 2.86 bits per heavy atom. The first-order valence-corrected chi connectivity index (χ1v) is 5.87. The largest absolute Gasteiger partial charge is 0.319 e. The summed E-state index contributed by atoms with van der Waals surface area (Å²) in [6.07, 6.45) is 1.30. The lowest BCUT2D eigenvalue weighted by Gasteiger charge is -2.13. The standard InChI is InChI=1S/C12H16BrN/c1-12(7-9(12)8-14-2)10-5-3-4-6-11(10)13/h3-6,9,14H,7-8H2,1-2H3. The highest BCUT2D eigenvalue weighted by molar-refractivity contribution is 9.10.